The minimum atomic E-state index is -0.415. The van der Waals surface area contributed by atoms with E-state index < -0.39 is 6.10 Å². The van der Waals surface area contributed by atoms with Crippen LogP contribution in [0.3, 0.4) is 0 Å². The van der Waals surface area contributed by atoms with Crippen molar-refractivity contribution in [1.82, 2.24) is 9.97 Å². The van der Waals surface area contributed by atoms with E-state index in [9.17, 15) is 5.11 Å². The fourth-order valence-electron chi connectivity index (χ4n) is 3.02. The van der Waals surface area contributed by atoms with Crippen molar-refractivity contribution in [3.05, 3.63) is 23.8 Å². The number of aliphatic hydroxyl groups excluding tert-OH is 1. The Morgan fingerprint density at radius 3 is 2.88 bits per heavy atom. The Bertz CT molecular complexity index is 367. The molecule has 1 heterocycles. The molecule has 0 spiro atoms. The van der Waals surface area contributed by atoms with E-state index in [2.05, 4.69) is 16.9 Å². The van der Waals surface area contributed by atoms with E-state index in [4.69, 9.17) is 0 Å². The monoisotopic (exact) mass is 234 g/mol. The fourth-order valence-corrected chi connectivity index (χ4v) is 3.02. The number of hydrogen-bond acceptors (Lipinski definition) is 3. The number of aromatic nitrogens is 2. The van der Waals surface area contributed by atoms with Crippen LogP contribution in [0.2, 0.25) is 0 Å². The van der Waals surface area contributed by atoms with E-state index in [0.717, 1.165) is 24.4 Å². The highest BCUT2D eigenvalue weighted by Gasteiger charge is 2.31. The molecule has 1 aliphatic carbocycles. The Morgan fingerprint density at radius 1 is 1.41 bits per heavy atom. The predicted molar refractivity (Wildman–Crippen MR) is 67.5 cm³/mol. The van der Waals surface area contributed by atoms with E-state index in [1.807, 2.05) is 13.0 Å². The fraction of sp³-hybridized carbons (Fsp3) is 0.714. The zero-order chi connectivity index (χ0) is 12.3. The van der Waals surface area contributed by atoms with Crippen LogP contribution in [-0.2, 0) is 0 Å². The molecule has 1 aliphatic rings. The summed E-state index contributed by atoms with van der Waals surface area (Å²) in [5.74, 6) is 1.77. The van der Waals surface area contributed by atoms with E-state index >= 15 is 0 Å². The van der Waals surface area contributed by atoms with Gasteiger partial charge in [0, 0.05) is 6.20 Å². The van der Waals surface area contributed by atoms with Gasteiger partial charge in [-0.05, 0) is 31.2 Å². The van der Waals surface area contributed by atoms with Crippen LogP contribution in [-0.4, -0.2) is 15.1 Å². The van der Waals surface area contributed by atoms with Crippen LogP contribution in [0.5, 0.6) is 0 Å². The first-order chi connectivity index (χ1) is 8.22. The van der Waals surface area contributed by atoms with Gasteiger partial charge in [0.1, 0.15) is 5.82 Å². The van der Waals surface area contributed by atoms with Gasteiger partial charge >= 0.3 is 0 Å². The maximum atomic E-state index is 10.5. The molecule has 3 heteroatoms. The van der Waals surface area contributed by atoms with Crippen molar-refractivity contribution < 1.29 is 5.11 Å². The van der Waals surface area contributed by atoms with Gasteiger partial charge in [0.25, 0.3) is 0 Å². The third-order valence-electron chi connectivity index (χ3n) is 4.00. The van der Waals surface area contributed by atoms with E-state index in [1.54, 1.807) is 6.20 Å². The normalized spacial score (nSPS) is 26.8. The van der Waals surface area contributed by atoms with Crippen LogP contribution in [0.25, 0.3) is 0 Å². The largest absolute Gasteiger partial charge is 0.387 e. The lowest BCUT2D eigenvalue weighted by Crippen LogP contribution is -2.26. The Balaban J connectivity index is 2.15. The molecule has 1 saturated carbocycles. The second-order valence-corrected chi connectivity index (χ2v) is 5.09. The van der Waals surface area contributed by atoms with Gasteiger partial charge in [-0.1, -0.05) is 32.6 Å². The summed E-state index contributed by atoms with van der Waals surface area (Å²) in [6.45, 7) is 4.09. The Labute approximate surface area is 103 Å². The van der Waals surface area contributed by atoms with Crippen LogP contribution < -0.4 is 0 Å². The highest BCUT2D eigenvalue weighted by Crippen LogP contribution is 2.39. The molecule has 0 aromatic carbocycles. The molecule has 0 radical (unpaired) electrons. The minimum absolute atomic E-state index is 0.378. The molecule has 2 rings (SSSR count). The molecule has 0 aliphatic heterocycles. The van der Waals surface area contributed by atoms with Gasteiger partial charge < -0.3 is 5.11 Å². The third-order valence-corrected chi connectivity index (χ3v) is 4.00. The zero-order valence-corrected chi connectivity index (χ0v) is 10.8. The predicted octanol–water partition coefficient (Wildman–Crippen LogP) is 3.03. The number of rotatable bonds is 3. The molecule has 3 unspecified atom stereocenters. The van der Waals surface area contributed by atoms with Crippen LogP contribution in [0.15, 0.2) is 12.3 Å². The molecule has 94 valence electrons. The van der Waals surface area contributed by atoms with Gasteiger partial charge in [0.05, 0.1) is 11.8 Å². The number of aliphatic hydroxyl groups is 1. The SMILES string of the molecule is CCC1CCCCC1C(O)c1ccnc(C)n1. The van der Waals surface area contributed by atoms with Gasteiger partial charge in [-0.25, -0.2) is 9.97 Å². The van der Waals surface area contributed by atoms with Gasteiger partial charge in [0.2, 0.25) is 0 Å². The summed E-state index contributed by atoms with van der Waals surface area (Å²) in [5, 5.41) is 10.5. The lowest BCUT2D eigenvalue weighted by atomic mass is 9.74. The molecule has 1 aromatic rings. The van der Waals surface area contributed by atoms with Crippen molar-refractivity contribution in [2.24, 2.45) is 11.8 Å². The highest BCUT2D eigenvalue weighted by molar-refractivity contribution is 5.07. The second-order valence-electron chi connectivity index (χ2n) is 5.09. The first-order valence-electron chi connectivity index (χ1n) is 6.70. The van der Waals surface area contributed by atoms with Crippen molar-refractivity contribution in [2.75, 3.05) is 0 Å². The van der Waals surface area contributed by atoms with Gasteiger partial charge in [-0.3, -0.25) is 0 Å². The molecule has 17 heavy (non-hydrogen) atoms. The summed E-state index contributed by atoms with van der Waals surface area (Å²) < 4.78 is 0. The number of aryl methyl sites for hydroxylation is 1. The van der Waals surface area contributed by atoms with E-state index in [-0.39, 0.29) is 0 Å². The smallest absolute Gasteiger partial charge is 0.125 e. The molecule has 0 amide bonds. The highest BCUT2D eigenvalue weighted by atomic mass is 16.3. The maximum absolute atomic E-state index is 10.5. The Kier molecular flexibility index (Phi) is 4.11. The van der Waals surface area contributed by atoms with Gasteiger partial charge in [-0.15, -0.1) is 0 Å². The topological polar surface area (TPSA) is 46.0 Å². The lowest BCUT2D eigenvalue weighted by Gasteiger charge is -2.34. The summed E-state index contributed by atoms with van der Waals surface area (Å²) in [5.41, 5.74) is 0.794. The average Bonchev–Trinajstić information content (AvgIpc) is 2.38. The first kappa shape index (κ1) is 12.5. The summed E-state index contributed by atoms with van der Waals surface area (Å²) in [6, 6.07) is 1.85. The van der Waals surface area contributed by atoms with Crippen LogP contribution in [0.1, 0.15) is 56.7 Å². The van der Waals surface area contributed by atoms with Crippen LogP contribution in [0, 0.1) is 18.8 Å². The Morgan fingerprint density at radius 2 is 2.18 bits per heavy atom. The van der Waals surface area contributed by atoms with Crippen molar-refractivity contribution in [3.8, 4) is 0 Å². The molecule has 1 N–H and O–H groups in total. The first-order valence-corrected chi connectivity index (χ1v) is 6.70. The third kappa shape index (κ3) is 2.83. The quantitative estimate of drug-likeness (QED) is 0.874. The molecule has 0 saturated heterocycles. The molecular formula is C14H22N2O. The minimum Gasteiger partial charge on any atom is -0.387 e. The number of nitrogens with zero attached hydrogens (tertiary/aromatic N) is 2. The average molecular weight is 234 g/mol. The lowest BCUT2D eigenvalue weighted by molar-refractivity contribution is 0.0420. The second kappa shape index (κ2) is 5.58. The molecule has 0 bridgehead atoms. The molecule has 1 fully saturated rings. The summed E-state index contributed by atoms with van der Waals surface area (Å²) in [6.07, 6.45) is 7.41. The van der Waals surface area contributed by atoms with E-state index in [1.165, 1.54) is 19.3 Å². The summed E-state index contributed by atoms with van der Waals surface area (Å²) >= 11 is 0. The van der Waals surface area contributed by atoms with Crippen molar-refractivity contribution in [3.63, 3.8) is 0 Å². The maximum Gasteiger partial charge on any atom is 0.125 e. The van der Waals surface area contributed by atoms with Gasteiger partial charge in [-0.2, -0.15) is 0 Å². The molecule has 3 nitrogen and oxygen atoms in total. The summed E-state index contributed by atoms with van der Waals surface area (Å²) in [7, 11) is 0. The van der Waals surface area contributed by atoms with Crippen LogP contribution >= 0.6 is 0 Å². The molecule has 1 aromatic heterocycles. The van der Waals surface area contributed by atoms with Crippen LogP contribution in [0.4, 0.5) is 0 Å². The van der Waals surface area contributed by atoms with Crippen molar-refractivity contribution in [2.45, 2.75) is 52.1 Å². The zero-order valence-electron chi connectivity index (χ0n) is 10.8. The standard InChI is InChI=1S/C14H22N2O/c1-3-11-6-4-5-7-12(11)14(17)13-8-9-15-10(2)16-13/h8-9,11-12,14,17H,3-7H2,1-2H3. The van der Waals surface area contributed by atoms with Crippen molar-refractivity contribution in [1.29, 1.82) is 0 Å². The van der Waals surface area contributed by atoms with Crippen molar-refractivity contribution >= 4 is 0 Å². The Hall–Kier alpha value is -0.960. The molecule has 3 atom stereocenters. The number of hydrogen-bond donors (Lipinski definition) is 1. The van der Waals surface area contributed by atoms with E-state index in [0.29, 0.717) is 11.8 Å². The molecular weight excluding hydrogens is 212 g/mol. The summed E-state index contributed by atoms with van der Waals surface area (Å²) in [4.78, 5) is 8.44. The van der Waals surface area contributed by atoms with Gasteiger partial charge in [0.15, 0.2) is 0 Å².